The Balaban J connectivity index is 1.50. The summed E-state index contributed by atoms with van der Waals surface area (Å²) in [6, 6.07) is 30.5. The van der Waals surface area contributed by atoms with Crippen molar-refractivity contribution in [3.63, 3.8) is 0 Å². The maximum Gasteiger partial charge on any atom is 0.264 e. The molecule has 10 heteroatoms. The highest BCUT2D eigenvalue weighted by atomic mass is 79.9. The van der Waals surface area contributed by atoms with Gasteiger partial charge in [0.2, 0.25) is 0 Å². The number of amides is 2. The van der Waals surface area contributed by atoms with E-state index < -0.39 is 22.5 Å². The third-order valence-corrected chi connectivity index (χ3v) is 7.92. The van der Waals surface area contributed by atoms with Crippen molar-refractivity contribution in [2.75, 3.05) is 16.2 Å². The third-order valence-electron chi connectivity index (χ3n) is 5.64. The molecule has 2 N–H and O–H groups in total. The minimum atomic E-state index is -4.03. The lowest BCUT2D eigenvalue weighted by Crippen LogP contribution is -2.39. The van der Waals surface area contributed by atoms with Crippen molar-refractivity contribution in [3.05, 3.63) is 125 Å². The topological polar surface area (TPSA) is 108 Å². The van der Waals surface area contributed by atoms with E-state index in [1.165, 1.54) is 12.1 Å². The molecule has 8 nitrogen and oxygen atoms in total. The molecule has 0 unspecified atom stereocenters. The van der Waals surface area contributed by atoms with Crippen molar-refractivity contribution in [1.82, 2.24) is 5.43 Å². The molecule has 0 fully saturated rings. The van der Waals surface area contributed by atoms with Gasteiger partial charge < -0.3 is 5.32 Å². The van der Waals surface area contributed by atoms with Crippen molar-refractivity contribution in [1.29, 1.82) is 0 Å². The first-order valence-corrected chi connectivity index (χ1v) is 14.1. The highest BCUT2D eigenvalue weighted by Gasteiger charge is 2.27. The molecule has 0 aliphatic rings. The summed E-state index contributed by atoms with van der Waals surface area (Å²) in [7, 11) is -4.03. The molecule has 0 saturated carbocycles. The van der Waals surface area contributed by atoms with Crippen LogP contribution in [0.15, 0.2) is 124 Å². The molecule has 0 radical (unpaired) electrons. The summed E-state index contributed by atoms with van der Waals surface area (Å²) in [6.45, 7) is 1.21. The summed E-state index contributed by atoms with van der Waals surface area (Å²) >= 11 is 3.36. The first-order chi connectivity index (χ1) is 18.7. The van der Waals surface area contributed by atoms with Gasteiger partial charge in [-0.3, -0.25) is 13.9 Å². The van der Waals surface area contributed by atoms with Gasteiger partial charge in [0.15, 0.2) is 0 Å². The summed E-state index contributed by atoms with van der Waals surface area (Å²) in [4.78, 5) is 25.4. The minimum Gasteiger partial charge on any atom is -0.322 e. The molecule has 0 saturated heterocycles. The van der Waals surface area contributed by atoms with E-state index >= 15 is 0 Å². The highest BCUT2D eigenvalue weighted by Crippen LogP contribution is 2.26. The summed E-state index contributed by atoms with van der Waals surface area (Å²) in [5.74, 6) is -0.870. The van der Waals surface area contributed by atoms with E-state index in [-0.39, 0.29) is 10.8 Å². The van der Waals surface area contributed by atoms with Gasteiger partial charge in [-0.05, 0) is 67.1 Å². The van der Waals surface area contributed by atoms with Crippen LogP contribution in [0.25, 0.3) is 0 Å². The monoisotopic (exact) mass is 604 g/mol. The second-order valence-corrected chi connectivity index (χ2v) is 11.2. The van der Waals surface area contributed by atoms with Crippen molar-refractivity contribution < 1.29 is 18.0 Å². The first kappa shape index (κ1) is 27.7. The van der Waals surface area contributed by atoms with E-state index in [0.29, 0.717) is 32.7 Å². The van der Waals surface area contributed by atoms with E-state index in [0.717, 1.165) is 4.31 Å². The average Bonchev–Trinajstić information content (AvgIpc) is 2.95. The number of hydrogen-bond acceptors (Lipinski definition) is 5. The number of nitrogens with one attached hydrogen (secondary N) is 2. The molecule has 0 aliphatic heterocycles. The van der Waals surface area contributed by atoms with E-state index in [9.17, 15) is 18.0 Å². The van der Waals surface area contributed by atoms with Gasteiger partial charge >= 0.3 is 0 Å². The van der Waals surface area contributed by atoms with Crippen LogP contribution in [0.1, 0.15) is 22.8 Å². The number of rotatable bonds is 9. The summed E-state index contributed by atoms with van der Waals surface area (Å²) in [5.41, 5.74) is 5.01. The van der Waals surface area contributed by atoms with Crippen molar-refractivity contribution in [2.45, 2.75) is 11.8 Å². The van der Waals surface area contributed by atoms with Crippen LogP contribution in [0.2, 0.25) is 0 Å². The zero-order chi connectivity index (χ0) is 27.8. The quantitative estimate of drug-likeness (QED) is 0.196. The first-order valence-electron chi connectivity index (χ1n) is 11.9. The third kappa shape index (κ3) is 7.18. The Kier molecular flexibility index (Phi) is 8.90. The largest absolute Gasteiger partial charge is 0.322 e. The van der Waals surface area contributed by atoms with E-state index in [2.05, 4.69) is 31.8 Å². The van der Waals surface area contributed by atoms with Gasteiger partial charge in [0.1, 0.15) is 6.54 Å². The smallest absolute Gasteiger partial charge is 0.264 e. The lowest BCUT2D eigenvalue weighted by molar-refractivity contribution is -0.119. The number of carbonyl (C=O) groups excluding carboxylic acids is 2. The van der Waals surface area contributed by atoms with Crippen LogP contribution in [0.5, 0.6) is 0 Å². The van der Waals surface area contributed by atoms with Crippen LogP contribution in [-0.4, -0.2) is 32.5 Å². The zero-order valence-electron chi connectivity index (χ0n) is 20.9. The molecule has 0 aromatic heterocycles. The summed E-state index contributed by atoms with van der Waals surface area (Å²) < 4.78 is 28.6. The Bertz CT molecular complexity index is 1610. The second kappa shape index (κ2) is 12.5. The average molecular weight is 606 g/mol. The predicted octanol–water partition coefficient (Wildman–Crippen LogP) is 5.44. The molecule has 0 heterocycles. The lowest BCUT2D eigenvalue weighted by Gasteiger charge is -2.24. The molecule has 0 spiro atoms. The van der Waals surface area contributed by atoms with E-state index in [4.69, 9.17) is 0 Å². The Morgan fingerprint density at radius 2 is 1.46 bits per heavy atom. The molecule has 2 amide bonds. The summed E-state index contributed by atoms with van der Waals surface area (Å²) in [6.07, 6.45) is 0. The standard InChI is InChI=1S/C29H25BrN4O4S/c1-21(23-12-8-14-25(18-23)31-29(36)22-10-4-2-5-11-22)32-33-28(35)20-34(26-15-9-13-24(30)19-26)39(37,38)27-16-6-3-7-17-27/h2-19H,20H2,1H3,(H,31,36)(H,33,35)/b32-21-. The molecular formula is C29H25BrN4O4S. The number of carbonyl (C=O) groups is 2. The fourth-order valence-electron chi connectivity index (χ4n) is 3.66. The Morgan fingerprint density at radius 1 is 0.821 bits per heavy atom. The Morgan fingerprint density at radius 3 is 2.15 bits per heavy atom. The Labute approximate surface area is 235 Å². The molecule has 0 atom stereocenters. The number of hydrogen-bond donors (Lipinski definition) is 2. The number of nitrogens with zero attached hydrogens (tertiary/aromatic N) is 2. The lowest BCUT2D eigenvalue weighted by atomic mass is 10.1. The summed E-state index contributed by atoms with van der Waals surface area (Å²) in [5, 5.41) is 7.01. The van der Waals surface area contributed by atoms with Crippen LogP contribution in [0.4, 0.5) is 11.4 Å². The fourth-order valence-corrected chi connectivity index (χ4v) is 5.48. The molecule has 4 aromatic rings. The van der Waals surface area contributed by atoms with Crippen molar-refractivity contribution >= 4 is 54.9 Å². The zero-order valence-corrected chi connectivity index (χ0v) is 23.3. The normalized spacial score (nSPS) is 11.5. The molecule has 198 valence electrons. The van der Waals surface area contributed by atoms with Gasteiger partial charge in [0.05, 0.1) is 16.3 Å². The van der Waals surface area contributed by atoms with Crippen LogP contribution >= 0.6 is 15.9 Å². The highest BCUT2D eigenvalue weighted by molar-refractivity contribution is 9.10. The molecule has 0 bridgehead atoms. The van der Waals surface area contributed by atoms with Crippen LogP contribution in [0, 0.1) is 0 Å². The van der Waals surface area contributed by atoms with Gasteiger partial charge in [-0.1, -0.05) is 70.5 Å². The van der Waals surface area contributed by atoms with Crippen LogP contribution in [-0.2, 0) is 14.8 Å². The van der Waals surface area contributed by atoms with Gasteiger partial charge in [-0.15, -0.1) is 0 Å². The molecule has 0 aliphatic carbocycles. The number of hydrazone groups is 1. The molecule has 39 heavy (non-hydrogen) atoms. The second-order valence-electron chi connectivity index (χ2n) is 8.44. The van der Waals surface area contributed by atoms with E-state index in [1.807, 2.05) is 6.07 Å². The maximum absolute atomic E-state index is 13.4. The number of halogens is 1. The van der Waals surface area contributed by atoms with Crippen LogP contribution in [0.3, 0.4) is 0 Å². The van der Waals surface area contributed by atoms with Crippen molar-refractivity contribution in [2.24, 2.45) is 5.10 Å². The van der Waals surface area contributed by atoms with E-state index in [1.54, 1.807) is 97.9 Å². The molecular weight excluding hydrogens is 580 g/mol. The van der Waals surface area contributed by atoms with Gasteiger partial charge in [0.25, 0.3) is 21.8 Å². The maximum atomic E-state index is 13.4. The SMILES string of the molecule is C/C(=N/NC(=O)CN(c1cccc(Br)c1)S(=O)(=O)c1ccccc1)c1cccc(NC(=O)c2ccccc2)c1. The Hall–Kier alpha value is -4.28. The van der Waals surface area contributed by atoms with Gasteiger partial charge in [-0.25, -0.2) is 13.8 Å². The van der Waals surface area contributed by atoms with Crippen LogP contribution < -0.4 is 15.0 Å². The minimum absolute atomic E-state index is 0.0619. The predicted molar refractivity (Wildman–Crippen MR) is 156 cm³/mol. The van der Waals surface area contributed by atoms with Gasteiger partial charge in [-0.2, -0.15) is 5.10 Å². The van der Waals surface area contributed by atoms with Gasteiger partial charge in [0, 0.05) is 15.7 Å². The molecule has 4 aromatic carbocycles. The molecule has 4 rings (SSSR count). The number of sulfonamides is 1. The fraction of sp³-hybridized carbons (Fsp3) is 0.0690. The number of benzene rings is 4. The number of anilines is 2. The van der Waals surface area contributed by atoms with Crippen molar-refractivity contribution in [3.8, 4) is 0 Å².